The van der Waals surface area contributed by atoms with Crippen molar-refractivity contribution in [2.45, 2.75) is 6.54 Å². The molecule has 0 saturated carbocycles. The molecular weight excluding hydrogens is 273 g/mol. The Labute approximate surface area is 124 Å². The Morgan fingerprint density at radius 1 is 1.29 bits per heavy atom. The first-order valence-electron chi connectivity index (χ1n) is 7.26. The van der Waals surface area contributed by atoms with Crippen molar-refractivity contribution in [3.63, 3.8) is 0 Å². The number of amides is 1. The fourth-order valence-corrected chi connectivity index (χ4v) is 2.16. The van der Waals surface area contributed by atoms with E-state index >= 15 is 0 Å². The third-order valence-corrected chi connectivity index (χ3v) is 3.43. The molecule has 21 heavy (non-hydrogen) atoms. The van der Waals surface area contributed by atoms with Crippen LogP contribution in [0.1, 0.15) is 5.56 Å². The minimum atomic E-state index is -0.293. The molecule has 1 aromatic rings. The van der Waals surface area contributed by atoms with Gasteiger partial charge in [-0.05, 0) is 6.07 Å². The first kappa shape index (κ1) is 15.9. The van der Waals surface area contributed by atoms with E-state index in [9.17, 15) is 9.18 Å². The molecule has 2 N–H and O–H groups in total. The summed E-state index contributed by atoms with van der Waals surface area (Å²) < 4.78 is 18.6. The minimum absolute atomic E-state index is 0.125. The zero-order valence-corrected chi connectivity index (χ0v) is 12.1. The summed E-state index contributed by atoms with van der Waals surface area (Å²) in [5.74, 6) is -0.418. The molecule has 0 aliphatic carbocycles. The van der Waals surface area contributed by atoms with Crippen LogP contribution in [-0.2, 0) is 16.1 Å². The van der Waals surface area contributed by atoms with Gasteiger partial charge in [0.15, 0.2) is 0 Å². The van der Waals surface area contributed by atoms with E-state index in [1.165, 1.54) is 6.07 Å². The van der Waals surface area contributed by atoms with Crippen molar-refractivity contribution in [3.05, 3.63) is 35.6 Å². The van der Waals surface area contributed by atoms with Crippen LogP contribution in [0.3, 0.4) is 0 Å². The molecule has 1 fully saturated rings. The molecule has 0 atom stereocenters. The van der Waals surface area contributed by atoms with Crippen LogP contribution in [0.4, 0.5) is 4.39 Å². The van der Waals surface area contributed by atoms with E-state index in [1.807, 2.05) is 0 Å². The first-order valence-corrected chi connectivity index (χ1v) is 7.26. The summed E-state index contributed by atoms with van der Waals surface area (Å²) in [6, 6.07) is 6.45. The molecule has 1 amide bonds. The summed E-state index contributed by atoms with van der Waals surface area (Å²) in [7, 11) is 0. The highest BCUT2D eigenvalue weighted by Crippen LogP contribution is 2.05. The lowest BCUT2D eigenvalue weighted by molar-refractivity contribution is -0.120. The average Bonchev–Trinajstić information content (AvgIpc) is 2.52. The molecule has 1 aromatic carbocycles. The molecule has 1 aliphatic rings. The second-order valence-corrected chi connectivity index (χ2v) is 5.00. The van der Waals surface area contributed by atoms with E-state index in [0.29, 0.717) is 5.56 Å². The van der Waals surface area contributed by atoms with Crippen LogP contribution in [0.15, 0.2) is 24.3 Å². The van der Waals surface area contributed by atoms with E-state index < -0.39 is 0 Å². The third-order valence-electron chi connectivity index (χ3n) is 3.43. The Balaban J connectivity index is 1.56. The second kappa shape index (κ2) is 8.71. The van der Waals surface area contributed by atoms with Crippen LogP contribution in [0.25, 0.3) is 0 Å². The van der Waals surface area contributed by atoms with Crippen molar-refractivity contribution in [1.29, 1.82) is 0 Å². The molecule has 2 rings (SSSR count). The number of morpholine rings is 1. The smallest absolute Gasteiger partial charge is 0.234 e. The topological polar surface area (TPSA) is 53.6 Å². The van der Waals surface area contributed by atoms with Gasteiger partial charge in [0, 0.05) is 38.3 Å². The van der Waals surface area contributed by atoms with Crippen LogP contribution in [-0.4, -0.2) is 56.7 Å². The Kier molecular flexibility index (Phi) is 6.59. The molecule has 0 radical (unpaired) electrons. The lowest BCUT2D eigenvalue weighted by Crippen LogP contribution is -2.42. The first-order chi connectivity index (χ1) is 10.3. The molecule has 1 aliphatic heterocycles. The van der Waals surface area contributed by atoms with Crippen molar-refractivity contribution in [2.75, 3.05) is 45.9 Å². The normalized spacial score (nSPS) is 15.9. The quantitative estimate of drug-likeness (QED) is 0.714. The van der Waals surface area contributed by atoms with Crippen LogP contribution in [0, 0.1) is 5.82 Å². The number of nitrogens with one attached hydrogen (secondary N) is 2. The highest BCUT2D eigenvalue weighted by molar-refractivity contribution is 5.77. The number of carbonyl (C=O) groups is 1. The van der Waals surface area contributed by atoms with Gasteiger partial charge in [-0.1, -0.05) is 18.2 Å². The summed E-state index contributed by atoms with van der Waals surface area (Å²) >= 11 is 0. The van der Waals surface area contributed by atoms with Crippen molar-refractivity contribution in [3.8, 4) is 0 Å². The molecular formula is C15H22FN3O2. The number of ether oxygens (including phenoxy) is 1. The maximum absolute atomic E-state index is 13.4. The summed E-state index contributed by atoms with van der Waals surface area (Å²) in [5.41, 5.74) is 0.499. The average molecular weight is 295 g/mol. The molecule has 5 nitrogen and oxygen atoms in total. The van der Waals surface area contributed by atoms with Crippen molar-refractivity contribution in [1.82, 2.24) is 15.5 Å². The standard InChI is InChI=1S/C15H22FN3O2/c16-14-4-2-1-3-13(14)11-18-15(20)12-17-5-6-19-7-9-21-10-8-19/h1-4,17H,5-12H2,(H,18,20). The monoisotopic (exact) mass is 295 g/mol. The molecule has 0 spiro atoms. The number of halogens is 1. The second-order valence-electron chi connectivity index (χ2n) is 5.00. The van der Waals surface area contributed by atoms with Crippen molar-refractivity contribution in [2.24, 2.45) is 0 Å². The van der Waals surface area contributed by atoms with Gasteiger partial charge in [0.05, 0.1) is 19.8 Å². The highest BCUT2D eigenvalue weighted by atomic mass is 19.1. The lowest BCUT2D eigenvalue weighted by Gasteiger charge is -2.26. The summed E-state index contributed by atoms with van der Waals surface area (Å²) in [4.78, 5) is 13.9. The zero-order valence-electron chi connectivity index (χ0n) is 12.1. The molecule has 1 saturated heterocycles. The van der Waals surface area contributed by atoms with Crippen LogP contribution in [0.5, 0.6) is 0 Å². The van der Waals surface area contributed by atoms with Gasteiger partial charge >= 0.3 is 0 Å². The molecule has 0 aromatic heterocycles. The number of hydrogen-bond acceptors (Lipinski definition) is 4. The van der Waals surface area contributed by atoms with Gasteiger partial charge < -0.3 is 15.4 Å². The predicted molar refractivity (Wildman–Crippen MR) is 78.4 cm³/mol. The molecule has 1 heterocycles. The fraction of sp³-hybridized carbons (Fsp3) is 0.533. The molecule has 0 unspecified atom stereocenters. The van der Waals surface area contributed by atoms with Gasteiger partial charge in [-0.15, -0.1) is 0 Å². The third kappa shape index (κ3) is 5.79. The van der Waals surface area contributed by atoms with Gasteiger partial charge in [0.1, 0.15) is 5.82 Å². The summed E-state index contributed by atoms with van der Waals surface area (Å²) in [6.07, 6.45) is 0. The fourth-order valence-electron chi connectivity index (χ4n) is 2.16. The number of carbonyl (C=O) groups excluding carboxylic acids is 1. The Bertz CT molecular complexity index is 450. The van der Waals surface area contributed by atoms with Crippen LogP contribution in [0.2, 0.25) is 0 Å². The minimum Gasteiger partial charge on any atom is -0.379 e. The van der Waals surface area contributed by atoms with E-state index in [0.717, 1.165) is 39.4 Å². The van der Waals surface area contributed by atoms with Gasteiger partial charge in [0.25, 0.3) is 0 Å². The van der Waals surface area contributed by atoms with Crippen LogP contribution < -0.4 is 10.6 Å². The summed E-state index contributed by atoms with van der Waals surface area (Å²) in [6.45, 7) is 5.58. The number of rotatable bonds is 7. The highest BCUT2D eigenvalue weighted by Gasteiger charge is 2.09. The Hall–Kier alpha value is -1.50. The number of nitrogens with zero attached hydrogens (tertiary/aromatic N) is 1. The van der Waals surface area contributed by atoms with E-state index in [4.69, 9.17) is 4.74 Å². The maximum atomic E-state index is 13.4. The van der Waals surface area contributed by atoms with Gasteiger partial charge in [-0.2, -0.15) is 0 Å². The van der Waals surface area contributed by atoms with Crippen molar-refractivity contribution < 1.29 is 13.9 Å². The van der Waals surface area contributed by atoms with E-state index in [2.05, 4.69) is 15.5 Å². The summed E-state index contributed by atoms with van der Waals surface area (Å²) in [5, 5.41) is 5.80. The molecule has 0 bridgehead atoms. The van der Waals surface area contributed by atoms with E-state index in [1.54, 1.807) is 18.2 Å². The van der Waals surface area contributed by atoms with Crippen LogP contribution >= 0.6 is 0 Å². The largest absolute Gasteiger partial charge is 0.379 e. The zero-order chi connectivity index (χ0) is 14.9. The van der Waals surface area contributed by atoms with E-state index in [-0.39, 0.29) is 24.8 Å². The predicted octanol–water partition coefficient (Wildman–Crippen LogP) is 0.364. The van der Waals surface area contributed by atoms with Gasteiger partial charge in [-0.3, -0.25) is 9.69 Å². The Morgan fingerprint density at radius 2 is 2.05 bits per heavy atom. The van der Waals surface area contributed by atoms with Gasteiger partial charge in [0.2, 0.25) is 5.91 Å². The van der Waals surface area contributed by atoms with Crippen molar-refractivity contribution >= 4 is 5.91 Å². The lowest BCUT2D eigenvalue weighted by atomic mass is 10.2. The molecule has 6 heteroatoms. The number of benzene rings is 1. The number of hydrogen-bond donors (Lipinski definition) is 2. The van der Waals surface area contributed by atoms with Gasteiger partial charge in [-0.25, -0.2) is 4.39 Å². The SMILES string of the molecule is O=C(CNCCN1CCOCC1)NCc1ccccc1F. The molecule has 116 valence electrons. The Morgan fingerprint density at radius 3 is 2.81 bits per heavy atom. The maximum Gasteiger partial charge on any atom is 0.234 e.